The molecule has 0 bridgehead atoms. The van der Waals surface area contributed by atoms with E-state index in [0.717, 1.165) is 43.2 Å². The highest BCUT2D eigenvalue weighted by Gasteiger charge is 2.41. The summed E-state index contributed by atoms with van der Waals surface area (Å²) in [5, 5.41) is 5.79. The topological polar surface area (TPSA) is 152 Å². The van der Waals surface area contributed by atoms with Crippen LogP contribution in [0.5, 0.6) is 0 Å². The van der Waals surface area contributed by atoms with Crippen molar-refractivity contribution in [2.45, 2.75) is 96.6 Å². The molecule has 0 spiro atoms. The number of rotatable bonds is 9. The Balaban J connectivity index is 1.32. The summed E-state index contributed by atoms with van der Waals surface area (Å²) in [5.74, 6) is -0.446. The zero-order valence-corrected chi connectivity index (χ0v) is 26.4. The largest absolute Gasteiger partial charge is 0.444 e. The Morgan fingerprint density at radius 1 is 0.933 bits per heavy atom. The number of nitrogens with one attached hydrogen (secondary N) is 2. The minimum atomic E-state index is -0.782. The Morgan fingerprint density at radius 3 is 2.29 bits per heavy atom. The van der Waals surface area contributed by atoms with Gasteiger partial charge >= 0.3 is 12.2 Å². The molecule has 242 valence electrons. The molecule has 1 heterocycles. The summed E-state index contributed by atoms with van der Waals surface area (Å²) in [6, 6.07) is 14.9. The molecule has 4 amide bonds. The number of nitrogens with two attached hydrogens (primary N) is 1. The van der Waals surface area contributed by atoms with Gasteiger partial charge < -0.3 is 30.7 Å². The van der Waals surface area contributed by atoms with Crippen molar-refractivity contribution in [2.24, 2.45) is 16.6 Å². The Kier molecular flexibility index (Phi) is 11.6. The van der Waals surface area contributed by atoms with E-state index in [9.17, 15) is 19.2 Å². The van der Waals surface area contributed by atoms with Gasteiger partial charge in [0.05, 0.1) is 0 Å². The smallest absolute Gasteiger partial charge is 0.435 e. The monoisotopic (exact) mass is 619 g/mol. The number of benzene rings is 2. The number of hydrogen-bond donors (Lipinski definition) is 3. The fourth-order valence-electron chi connectivity index (χ4n) is 5.78. The van der Waals surface area contributed by atoms with Gasteiger partial charge in [0, 0.05) is 18.7 Å². The van der Waals surface area contributed by atoms with Crippen LogP contribution in [0.15, 0.2) is 59.6 Å². The third-order valence-corrected chi connectivity index (χ3v) is 8.03. The van der Waals surface area contributed by atoms with Crippen LogP contribution in [0.1, 0.15) is 82.4 Å². The lowest BCUT2D eigenvalue weighted by molar-refractivity contribution is -0.141. The number of hydrogen-bond acceptors (Lipinski definition) is 6. The first kappa shape index (κ1) is 33.5. The summed E-state index contributed by atoms with van der Waals surface area (Å²) in [5.41, 5.74) is 7.52. The van der Waals surface area contributed by atoms with Crippen molar-refractivity contribution in [3.63, 3.8) is 0 Å². The van der Waals surface area contributed by atoms with Crippen LogP contribution in [0.4, 0.5) is 9.59 Å². The Hall–Kier alpha value is -4.41. The first-order valence-corrected chi connectivity index (χ1v) is 15.7. The number of alkyl carbamates (subject to hydrolysis) is 1. The van der Waals surface area contributed by atoms with Gasteiger partial charge in [-0.25, -0.2) is 9.59 Å². The van der Waals surface area contributed by atoms with Crippen molar-refractivity contribution in [1.29, 1.82) is 0 Å². The molecule has 2 aromatic carbocycles. The van der Waals surface area contributed by atoms with E-state index >= 15 is 0 Å². The maximum absolute atomic E-state index is 13.8. The number of carbonyl (C=O) groups is 4. The SMILES string of the molecule is CC(C)(C)OC(=O)N[C@@H](C(=O)N1CCC[C@H]1C(=O)NCc1ccc(/C(N)=N/C(=O)OCc2ccccc2)cc1)C1CCCCC1. The second-order valence-corrected chi connectivity index (χ2v) is 12.7. The molecule has 1 saturated carbocycles. The molecule has 11 nitrogen and oxygen atoms in total. The lowest BCUT2D eigenvalue weighted by Crippen LogP contribution is -2.56. The normalized spacial score (nSPS) is 18.2. The Morgan fingerprint density at radius 2 is 1.62 bits per heavy atom. The summed E-state index contributed by atoms with van der Waals surface area (Å²) in [6.07, 6.45) is 4.66. The van der Waals surface area contributed by atoms with Gasteiger partial charge in [0.1, 0.15) is 30.1 Å². The predicted octanol–water partition coefficient (Wildman–Crippen LogP) is 4.81. The molecule has 1 aliphatic heterocycles. The standard InChI is InChI=1S/C34H45N5O6/c1-34(2,3)45-33(43)37-28(25-13-8-5-9-14-25)31(41)39-20-10-15-27(39)30(40)36-21-23-16-18-26(19-17-23)29(35)38-32(42)44-22-24-11-6-4-7-12-24/h4,6-7,11-12,16-19,25,27-28H,5,8-10,13-15,20-22H2,1-3H3,(H,36,40)(H,37,43)(H2,35,38,42)/t27-,28+/m0/s1. The summed E-state index contributed by atoms with van der Waals surface area (Å²) in [4.78, 5) is 57.4. The van der Waals surface area contributed by atoms with E-state index in [-0.39, 0.29) is 36.7 Å². The molecule has 0 unspecified atom stereocenters. The number of amidine groups is 1. The van der Waals surface area contributed by atoms with E-state index < -0.39 is 29.9 Å². The van der Waals surface area contributed by atoms with E-state index in [1.165, 1.54) is 0 Å². The average molecular weight is 620 g/mol. The first-order valence-electron chi connectivity index (χ1n) is 15.7. The second kappa shape index (κ2) is 15.5. The van der Waals surface area contributed by atoms with Gasteiger partial charge in [-0.3, -0.25) is 9.59 Å². The third-order valence-electron chi connectivity index (χ3n) is 8.03. The Bertz CT molecular complexity index is 1350. The zero-order valence-electron chi connectivity index (χ0n) is 26.4. The third kappa shape index (κ3) is 10.1. The molecular formula is C34H45N5O6. The number of likely N-dealkylation sites (tertiary alicyclic amines) is 1. The molecular weight excluding hydrogens is 574 g/mol. The van der Waals surface area contributed by atoms with E-state index in [4.69, 9.17) is 15.2 Å². The summed E-state index contributed by atoms with van der Waals surface area (Å²) < 4.78 is 10.6. The van der Waals surface area contributed by atoms with Crippen molar-refractivity contribution >= 4 is 29.8 Å². The first-order chi connectivity index (χ1) is 21.5. The van der Waals surface area contributed by atoms with Crippen LogP contribution >= 0.6 is 0 Å². The zero-order chi connectivity index (χ0) is 32.4. The molecule has 0 radical (unpaired) electrons. The van der Waals surface area contributed by atoms with Gasteiger partial charge in [-0.1, -0.05) is 73.9 Å². The molecule has 45 heavy (non-hydrogen) atoms. The second-order valence-electron chi connectivity index (χ2n) is 12.7. The van der Waals surface area contributed by atoms with Crippen molar-refractivity contribution in [1.82, 2.24) is 15.5 Å². The van der Waals surface area contributed by atoms with Crippen molar-refractivity contribution in [2.75, 3.05) is 6.54 Å². The number of amides is 4. The van der Waals surface area contributed by atoms with Crippen LogP contribution in [0.2, 0.25) is 0 Å². The molecule has 2 aliphatic rings. The highest BCUT2D eigenvalue weighted by Crippen LogP contribution is 2.29. The molecule has 2 fully saturated rings. The van der Waals surface area contributed by atoms with Gasteiger partial charge in [0.2, 0.25) is 11.8 Å². The number of nitrogens with zero attached hydrogens (tertiary/aromatic N) is 2. The highest BCUT2D eigenvalue weighted by molar-refractivity contribution is 6.02. The maximum atomic E-state index is 13.8. The summed E-state index contributed by atoms with van der Waals surface area (Å²) in [6.45, 7) is 6.15. The quantitative estimate of drug-likeness (QED) is 0.269. The maximum Gasteiger partial charge on any atom is 0.435 e. The summed E-state index contributed by atoms with van der Waals surface area (Å²) in [7, 11) is 0. The number of carbonyl (C=O) groups excluding carboxylic acids is 4. The van der Waals surface area contributed by atoms with Gasteiger partial charge in [-0.2, -0.15) is 4.99 Å². The lowest BCUT2D eigenvalue weighted by atomic mass is 9.83. The fourth-order valence-corrected chi connectivity index (χ4v) is 5.78. The highest BCUT2D eigenvalue weighted by atomic mass is 16.6. The van der Waals surface area contributed by atoms with E-state index in [2.05, 4.69) is 15.6 Å². The number of ether oxygens (including phenoxy) is 2. The van der Waals surface area contributed by atoms with Crippen LogP contribution in [-0.2, 0) is 32.2 Å². The van der Waals surface area contributed by atoms with E-state index in [1.807, 2.05) is 30.3 Å². The molecule has 2 atom stereocenters. The van der Waals surface area contributed by atoms with Gasteiger partial charge in [0.15, 0.2) is 0 Å². The van der Waals surface area contributed by atoms with E-state index in [1.54, 1.807) is 49.9 Å². The predicted molar refractivity (Wildman–Crippen MR) is 170 cm³/mol. The van der Waals surface area contributed by atoms with E-state index in [0.29, 0.717) is 24.9 Å². The van der Waals surface area contributed by atoms with Crippen LogP contribution in [-0.4, -0.2) is 59.0 Å². The molecule has 0 aromatic heterocycles. The molecule has 1 saturated heterocycles. The minimum Gasteiger partial charge on any atom is -0.444 e. The molecule has 4 N–H and O–H groups in total. The average Bonchev–Trinajstić information content (AvgIpc) is 3.52. The van der Waals surface area contributed by atoms with Gasteiger partial charge in [-0.05, 0) is 63.5 Å². The van der Waals surface area contributed by atoms with Crippen molar-refractivity contribution in [3.8, 4) is 0 Å². The lowest BCUT2D eigenvalue weighted by Gasteiger charge is -2.35. The number of aliphatic imine (C=N–C) groups is 1. The molecule has 1 aliphatic carbocycles. The minimum absolute atomic E-state index is 0.00304. The van der Waals surface area contributed by atoms with Crippen LogP contribution in [0, 0.1) is 5.92 Å². The van der Waals surface area contributed by atoms with Crippen LogP contribution in [0.3, 0.4) is 0 Å². The summed E-state index contributed by atoms with van der Waals surface area (Å²) >= 11 is 0. The Labute approximate surface area is 264 Å². The van der Waals surface area contributed by atoms with Crippen molar-refractivity contribution < 1.29 is 28.7 Å². The fraction of sp³-hybridized carbons (Fsp3) is 0.500. The van der Waals surface area contributed by atoms with Crippen molar-refractivity contribution in [3.05, 3.63) is 71.3 Å². The molecule has 2 aromatic rings. The molecule has 11 heteroatoms. The van der Waals surface area contributed by atoms with Crippen LogP contribution in [0.25, 0.3) is 0 Å². The molecule has 4 rings (SSSR count). The van der Waals surface area contributed by atoms with Crippen LogP contribution < -0.4 is 16.4 Å². The van der Waals surface area contributed by atoms with Gasteiger partial charge in [-0.15, -0.1) is 0 Å². The van der Waals surface area contributed by atoms with Gasteiger partial charge in [0.25, 0.3) is 0 Å².